The Morgan fingerprint density at radius 2 is 1.72 bits per heavy atom. The van der Waals surface area contributed by atoms with Gasteiger partial charge in [-0.25, -0.2) is 4.98 Å². The highest BCUT2D eigenvalue weighted by Gasteiger charge is 2.35. The zero-order chi connectivity index (χ0) is 21.9. The number of rotatable bonds is 7. The van der Waals surface area contributed by atoms with Gasteiger partial charge in [-0.3, -0.25) is 4.79 Å². The molecule has 1 fully saturated rings. The van der Waals surface area contributed by atoms with E-state index >= 15 is 0 Å². The second kappa shape index (κ2) is 8.87. The van der Waals surface area contributed by atoms with Crippen molar-refractivity contribution in [3.05, 3.63) is 90.3 Å². The van der Waals surface area contributed by atoms with Crippen LogP contribution in [0.25, 0.3) is 11.0 Å². The van der Waals surface area contributed by atoms with Crippen LogP contribution in [-0.4, -0.2) is 28.6 Å². The van der Waals surface area contributed by atoms with Gasteiger partial charge in [-0.05, 0) is 49.2 Å². The summed E-state index contributed by atoms with van der Waals surface area (Å²) in [7, 11) is 0. The first-order valence-electron chi connectivity index (χ1n) is 11.2. The molecule has 2 heterocycles. The molecular weight excluding hydrogens is 398 g/mol. The number of fused-ring (bicyclic) bond motifs is 1. The van der Waals surface area contributed by atoms with E-state index in [0.29, 0.717) is 19.6 Å². The van der Waals surface area contributed by atoms with Crippen molar-refractivity contribution in [2.24, 2.45) is 0 Å². The average molecular weight is 426 g/mol. The Labute approximate surface area is 188 Å². The third-order valence-corrected chi connectivity index (χ3v) is 6.12. The molecule has 0 spiro atoms. The number of ether oxygens (including phenoxy) is 1. The normalized spacial score (nSPS) is 16.1. The van der Waals surface area contributed by atoms with E-state index in [2.05, 4.69) is 23.6 Å². The zero-order valence-corrected chi connectivity index (χ0v) is 18.3. The fraction of sp³-hybridized carbons (Fsp3) is 0.259. The van der Waals surface area contributed by atoms with Gasteiger partial charge in [0.15, 0.2) is 0 Å². The molecule has 1 aliphatic heterocycles. The van der Waals surface area contributed by atoms with Crippen molar-refractivity contribution in [1.82, 2.24) is 9.55 Å². The van der Waals surface area contributed by atoms with Crippen molar-refractivity contribution in [2.45, 2.75) is 32.2 Å². The summed E-state index contributed by atoms with van der Waals surface area (Å²) in [6, 6.07) is 26.2. The van der Waals surface area contributed by atoms with Crippen LogP contribution in [0.2, 0.25) is 0 Å². The van der Waals surface area contributed by atoms with Gasteiger partial charge in [0.2, 0.25) is 5.91 Å². The molecule has 0 radical (unpaired) electrons. The van der Waals surface area contributed by atoms with Crippen LogP contribution in [0.1, 0.15) is 30.1 Å². The molecule has 3 aromatic carbocycles. The Bertz CT molecular complexity index is 1230. The van der Waals surface area contributed by atoms with Gasteiger partial charge in [0.25, 0.3) is 0 Å². The first-order valence-corrected chi connectivity index (χ1v) is 11.2. The number of imidazole rings is 1. The predicted molar refractivity (Wildman–Crippen MR) is 127 cm³/mol. The van der Waals surface area contributed by atoms with Gasteiger partial charge in [-0.1, -0.05) is 48.5 Å². The topological polar surface area (TPSA) is 47.4 Å². The summed E-state index contributed by atoms with van der Waals surface area (Å²) in [5.74, 6) is 2.12. The van der Waals surface area contributed by atoms with Crippen LogP contribution in [0.5, 0.6) is 5.75 Å². The quantitative estimate of drug-likeness (QED) is 0.376. The van der Waals surface area contributed by atoms with E-state index in [-0.39, 0.29) is 11.8 Å². The molecule has 1 aliphatic rings. The number of benzene rings is 3. The van der Waals surface area contributed by atoms with Crippen LogP contribution in [0.4, 0.5) is 5.69 Å². The Balaban J connectivity index is 1.37. The molecule has 1 amide bonds. The highest BCUT2D eigenvalue weighted by molar-refractivity contribution is 5.97. The lowest BCUT2D eigenvalue weighted by atomic mass is 10.1. The third-order valence-electron chi connectivity index (χ3n) is 6.12. The Morgan fingerprint density at radius 3 is 2.56 bits per heavy atom. The molecule has 0 unspecified atom stereocenters. The van der Waals surface area contributed by atoms with E-state index in [0.717, 1.165) is 46.8 Å². The molecule has 1 aromatic heterocycles. The summed E-state index contributed by atoms with van der Waals surface area (Å²) in [4.78, 5) is 19.8. The molecule has 1 saturated heterocycles. The molecular formula is C27H27N3O2. The molecule has 5 nitrogen and oxygen atoms in total. The number of amides is 1. The largest absolute Gasteiger partial charge is 0.494 e. The van der Waals surface area contributed by atoms with Gasteiger partial charge >= 0.3 is 0 Å². The van der Waals surface area contributed by atoms with Gasteiger partial charge in [0.1, 0.15) is 11.6 Å². The molecule has 0 aliphatic carbocycles. The monoisotopic (exact) mass is 425 g/mol. The highest BCUT2D eigenvalue weighted by Crippen LogP contribution is 2.34. The van der Waals surface area contributed by atoms with E-state index in [1.807, 2.05) is 71.6 Å². The standard InChI is InChI=1S/C27H27N3O2/c1-20-10-5-7-14-24(20)30-19-21(18-26(30)31)27-28-23-13-6-8-15-25(23)29(27)16-9-17-32-22-11-3-2-4-12-22/h2-8,10-15,21H,9,16-19H2,1H3/t21-/m0/s1. The van der Waals surface area contributed by atoms with Crippen molar-refractivity contribution in [3.63, 3.8) is 0 Å². The minimum atomic E-state index is 0.0737. The Morgan fingerprint density at radius 1 is 0.969 bits per heavy atom. The molecule has 162 valence electrons. The summed E-state index contributed by atoms with van der Waals surface area (Å²) < 4.78 is 8.17. The van der Waals surface area contributed by atoms with Crippen LogP contribution in [-0.2, 0) is 11.3 Å². The molecule has 1 atom stereocenters. The number of aryl methyl sites for hydroxylation is 2. The summed E-state index contributed by atoms with van der Waals surface area (Å²) in [6.07, 6.45) is 1.35. The van der Waals surface area contributed by atoms with E-state index < -0.39 is 0 Å². The maximum atomic E-state index is 12.9. The molecule has 5 rings (SSSR count). The zero-order valence-electron chi connectivity index (χ0n) is 18.3. The molecule has 32 heavy (non-hydrogen) atoms. The average Bonchev–Trinajstić information content (AvgIpc) is 3.38. The summed E-state index contributed by atoms with van der Waals surface area (Å²) in [6.45, 7) is 4.15. The Hall–Kier alpha value is -3.60. The number of para-hydroxylation sites is 4. The molecule has 4 aromatic rings. The highest BCUT2D eigenvalue weighted by atomic mass is 16.5. The van der Waals surface area contributed by atoms with E-state index in [1.54, 1.807) is 0 Å². The van der Waals surface area contributed by atoms with Crippen molar-refractivity contribution < 1.29 is 9.53 Å². The first-order chi connectivity index (χ1) is 15.7. The lowest BCUT2D eigenvalue weighted by Gasteiger charge is -2.19. The fourth-order valence-corrected chi connectivity index (χ4v) is 4.55. The van der Waals surface area contributed by atoms with Crippen LogP contribution < -0.4 is 9.64 Å². The van der Waals surface area contributed by atoms with Gasteiger partial charge in [0, 0.05) is 31.1 Å². The lowest BCUT2D eigenvalue weighted by molar-refractivity contribution is -0.117. The SMILES string of the molecule is Cc1ccccc1N1C[C@@H](c2nc3ccccc3n2CCCOc2ccccc2)CC1=O. The minimum absolute atomic E-state index is 0.0737. The van der Waals surface area contributed by atoms with Crippen molar-refractivity contribution >= 4 is 22.6 Å². The van der Waals surface area contributed by atoms with Crippen molar-refractivity contribution in [3.8, 4) is 5.75 Å². The summed E-state index contributed by atoms with van der Waals surface area (Å²) >= 11 is 0. The molecule has 0 N–H and O–H groups in total. The third kappa shape index (κ3) is 3.98. The molecule has 5 heteroatoms. The maximum Gasteiger partial charge on any atom is 0.227 e. The minimum Gasteiger partial charge on any atom is -0.494 e. The number of carbonyl (C=O) groups excluding carboxylic acids is 1. The van der Waals surface area contributed by atoms with E-state index in [4.69, 9.17) is 9.72 Å². The lowest BCUT2D eigenvalue weighted by Crippen LogP contribution is -2.25. The Kier molecular flexibility index (Phi) is 5.63. The first kappa shape index (κ1) is 20.3. The number of hydrogen-bond donors (Lipinski definition) is 0. The predicted octanol–water partition coefficient (Wildman–Crippen LogP) is 5.33. The van der Waals surface area contributed by atoms with Gasteiger partial charge in [-0.15, -0.1) is 0 Å². The van der Waals surface area contributed by atoms with Gasteiger partial charge < -0.3 is 14.2 Å². The second-order valence-electron chi connectivity index (χ2n) is 8.32. The number of aromatic nitrogens is 2. The fourth-order valence-electron chi connectivity index (χ4n) is 4.55. The van der Waals surface area contributed by atoms with Gasteiger partial charge in [0.05, 0.1) is 17.6 Å². The van der Waals surface area contributed by atoms with Gasteiger partial charge in [-0.2, -0.15) is 0 Å². The maximum absolute atomic E-state index is 12.9. The van der Waals surface area contributed by atoms with E-state index in [1.165, 1.54) is 0 Å². The molecule has 0 bridgehead atoms. The van der Waals surface area contributed by atoms with Crippen LogP contribution in [0, 0.1) is 6.92 Å². The van der Waals surface area contributed by atoms with Crippen molar-refractivity contribution in [2.75, 3.05) is 18.1 Å². The smallest absolute Gasteiger partial charge is 0.227 e. The number of hydrogen-bond acceptors (Lipinski definition) is 3. The number of anilines is 1. The van der Waals surface area contributed by atoms with Crippen LogP contribution in [0.15, 0.2) is 78.9 Å². The second-order valence-corrected chi connectivity index (χ2v) is 8.32. The van der Waals surface area contributed by atoms with Crippen molar-refractivity contribution in [1.29, 1.82) is 0 Å². The number of nitrogens with zero attached hydrogens (tertiary/aromatic N) is 3. The van der Waals surface area contributed by atoms with Crippen LogP contribution in [0.3, 0.4) is 0 Å². The number of carbonyl (C=O) groups is 1. The molecule has 0 saturated carbocycles. The van der Waals surface area contributed by atoms with Crippen LogP contribution >= 0.6 is 0 Å². The summed E-state index contributed by atoms with van der Waals surface area (Å²) in [5, 5.41) is 0. The summed E-state index contributed by atoms with van der Waals surface area (Å²) in [5.41, 5.74) is 4.21. The van der Waals surface area contributed by atoms with E-state index in [9.17, 15) is 4.79 Å².